The first-order valence-corrected chi connectivity index (χ1v) is 6.97. The van der Waals surface area contributed by atoms with E-state index in [0.29, 0.717) is 19.4 Å². The molecule has 0 fully saturated rings. The van der Waals surface area contributed by atoms with E-state index in [1.54, 1.807) is 12.5 Å². The van der Waals surface area contributed by atoms with Gasteiger partial charge in [-0.15, -0.1) is 0 Å². The van der Waals surface area contributed by atoms with Gasteiger partial charge in [0.1, 0.15) is 11.5 Å². The van der Waals surface area contributed by atoms with E-state index in [1.807, 2.05) is 42.0 Å². The summed E-state index contributed by atoms with van der Waals surface area (Å²) in [5, 5.41) is 0. The molecule has 0 aliphatic rings. The number of ketones is 1. The van der Waals surface area contributed by atoms with Gasteiger partial charge in [-0.2, -0.15) is 0 Å². The molecule has 0 spiro atoms. The molecule has 1 heterocycles. The highest BCUT2D eigenvalue weighted by molar-refractivity contribution is 5.80. The molecule has 0 saturated heterocycles. The molecule has 0 amide bonds. The van der Waals surface area contributed by atoms with Gasteiger partial charge in [0.05, 0.1) is 12.9 Å². The van der Waals surface area contributed by atoms with Crippen LogP contribution in [-0.2, 0) is 17.8 Å². The van der Waals surface area contributed by atoms with Crippen LogP contribution in [0.5, 0.6) is 5.75 Å². The number of hydrogen-bond donors (Lipinski definition) is 0. The maximum absolute atomic E-state index is 11.9. The second-order valence-electron chi connectivity index (χ2n) is 4.70. The van der Waals surface area contributed by atoms with Crippen LogP contribution in [0.4, 0.5) is 0 Å². The van der Waals surface area contributed by atoms with Crippen LogP contribution >= 0.6 is 0 Å². The van der Waals surface area contributed by atoms with Gasteiger partial charge in [0.15, 0.2) is 0 Å². The number of benzene rings is 1. The van der Waals surface area contributed by atoms with E-state index >= 15 is 0 Å². The highest BCUT2D eigenvalue weighted by atomic mass is 16.5. The largest absolute Gasteiger partial charge is 0.494 e. The molecule has 0 aliphatic heterocycles. The van der Waals surface area contributed by atoms with Gasteiger partial charge in [-0.05, 0) is 31.0 Å². The maximum atomic E-state index is 11.9. The van der Waals surface area contributed by atoms with E-state index in [2.05, 4.69) is 4.98 Å². The normalized spacial score (nSPS) is 10.4. The molecule has 4 heteroatoms. The molecule has 0 atom stereocenters. The van der Waals surface area contributed by atoms with Crippen LogP contribution in [0.25, 0.3) is 0 Å². The van der Waals surface area contributed by atoms with Crippen molar-refractivity contribution >= 4 is 5.78 Å². The smallest absolute Gasteiger partial charge is 0.137 e. The molecule has 0 unspecified atom stereocenters. The number of Topliss-reactive ketones (excluding diaryl/α,β-unsaturated/α-hetero) is 1. The first kappa shape index (κ1) is 14.3. The molecular weight excluding hydrogens is 252 g/mol. The minimum Gasteiger partial charge on any atom is -0.494 e. The van der Waals surface area contributed by atoms with E-state index in [-0.39, 0.29) is 5.78 Å². The summed E-state index contributed by atoms with van der Waals surface area (Å²) in [4.78, 5) is 15.9. The van der Waals surface area contributed by atoms with E-state index in [4.69, 9.17) is 4.74 Å². The molecular formula is C16H20N2O2. The third kappa shape index (κ3) is 4.53. The molecule has 106 valence electrons. The van der Waals surface area contributed by atoms with Crippen LogP contribution in [0.1, 0.15) is 25.3 Å². The number of aromatic nitrogens is 2. The number of ether oxygens (including phenoxy) is 1. The number of carbonyl (C=O) groups excluding carboxylic acids is 1. The van der Waals surface area contributed by atoms with Crippen LogP contribution in [0.3, 0.4) is 0 Å². The molecule has 0 aliphatic carbocycles. The monoisotopic (exact) mass is 272 g/mol. The molecule has 1 aromatic heterocycles. The fourth-order valence-corrected chi connectivity index (χ4v) is 2.06. The summed E-state index contributed by atoms with van der Waals surface area (Å²) in [5.74, 6) is 1.12. The molecule has 4 nitrogen and oxygen atoms in total. The van der Waals surface area contributed by atoms with Crippen LogP contribution < -0.4 is 4.74 Å². The predicted octanol–water partition coefficient (Wildman–Crippen LogP) is 2.87. The number of carbonyl (C=O) groups is 1. The van der Waals surface area contributed by atoms with Gasteiger partial charge in [-0.3, -0.25) is 4.79 Å². The zero-order chi connectivity index (χ0) is 14.2. The Hall–Kier alpha value is -2.10. The lowest BCUT2D eigenvalue weighted by atomic mass is 10.1. The van der Waals surface area contributed by atoms with Gasteiger partial charge < -0.3 is 9.30 Å². The van der Waals surface area contributed by atoms with Crippen molar-refractivity contribution in [1.82, 2.24) is 9.55 Å². The molecule has 20 heavy (non-hydrogen) atoms. The van der Waals surface area contributed by atoms with Crippen LogP contribution in [0, 0.1) is 0 Å². The highest BCUT2D eigenvalue weighted by Crippen LogP contribution is 2.13. The second-order valence-corrected chi connectivity index (χ2v) is 4.70. The quantitative estimate of drug-likeness (QED) is 0.742. The minimum absolute atomic E-state index is 0.272. The molecule has 2 rings (SSSR count). The average molecular weight is 272 g/mol. The van der Waals surface area contributed by atoms with Crippen molar-refractivity contribution in [2.24, 2.45) is 0 Å². The fraction of sp³-hybridized carbons (Fsp3) is 0.375. The summed E-state index contributed by atoms with van der Waals surface area (Å²) in [6.07, 6.45) is 7.39. The summed E-state index contributed by atoms with van der Waals surface area (Å²) in [5.41, 5.74) is 1.04. The lowest BCUT2D eigenvalue weighted by molar-refractivity contribution is -0.118. The number of rotatable bonds is 8. The zero-order valence-electron chi connectivity index (χ0n) is 11.8. The molecule has 1 aromatic carbocycles. The van der Waals surface area contributed by atoms with Gasteiger partial charge in [0, 0.05) is 31.8 Å². The van der Waals surface area contributed by atoms with Gasteiger partial charge in [0.25, 0.3) is 0 Å². The van der Waals surface area contributed by atoms with Gasteiger partial charge in [-0.25, -0.2) is 4.98 Å². The van der Waals surface area contributed by atoms with Crippen molar-refractivity contribution in [3.8, 4) is 5.75 Å². The van der Waals surface area contributed by atoms with Gasteiger partial charge in [-0.1, -0.05) is 12.1 Å². The van der Waals surface area contributed by atoms with Crippen LogP contribution in [0.15, 0.2) is 43.0 Å². The van der Waals surface area contributed by atoms with Gasteiger partial charge in [0.2, 0.25) is 0 Å². The molecule has 2 aromatic rings. The van der Waals surface area contributed by atoms with Crippen molar-refractivity contribution in [2.45, 2.75) is 32.7 Å². The Balaban J connectivity index is 1.73. The van der Waals surface area contributed by atoms with Crippen molar-refractivity contribution < 1.29 is 9.53 Å². The summed E-state index contributed by atoms with van der Waals surface area (Å²) in [6, 6.07) is 7.74. The van der Waals surface area contributed by atoms with Crippen molar-refractivity contribution in [2.75, 3.05) is 6.61 Å². The Bertz CT molecular complexity index is 518. The Labute approximate surface area is 119 Å². The second kappa shape index (κ2) is 7.48. The van der Waals surface area contributed by atoms with E-state index in [9.17, 15) is 4.79 Å². The topological polar surface area (TPSA) is 44.1 Å². The summed E-state index contributed by atoms with van der Waals surface area (Å²) in [7, 11) is 0. The number of nitrogens with zero attached hydrogens (tertiary/aromatic N) is 2. The van der Waals surface area contributed by atoms with Crippen molar-refractivity contribution in [3.63, 3.8) is 0 Å². The maximum Gasteiger partial charge on any atom is 0.137 e. The first-order chi connectivity index (χ1) is 9.78. The van der Waals surface area contributed by atoms with E-state index in [0.717, 1.165) is 24.3 Å². The fourth-order valence-electron chi connectivity index (χ4n) is 2.06. The summed E-state index contributed by atoms with van der Waals surface area (Å²) >= 11 is 0. The van der Waals surface area contributed by atoms with E-state index < -0.39 is 0 Å². The first-order valence-electron chi connectivity index (χ1n) is 6.97. The highest BCUT2D eigenvalue weighted by Gasteiger charge is 2.04. The Morgan fingerprint density at radius 1 is 1.30 bits per heavy atom. The Morgan fingerprint density at radius 3 is 2.75 bits per heavy atom. The third-order valence-electron chi connectivity index (χ3n) is 3.07. The van der Waals surface area contributed by atoms with Gasteiger partial charge >= 0.3 is 0 Å². The summed E-state index contributed by atoms with van der Waals surface area (Å²) < 4.78 is 7.37. The molecule has 0 radical (unpaired) electrons. The third-order valence-corrected chi connectivity index (χ3v) is 3.07. The standard InChI is InChI=1S/C16H20N2O2/c1-2-20-16-7-5-14(6-8-16)12-15(19)4-3-10-18-11-9-17-13-18/h5-9,11,13H,2-4,10,12H2,1H3. The minimum atomic E-state index is 0.272. The zero-order valence-corrected chi connectivity index (χ0v) is 11.8. The predicted molar refractivity (Wildman–Crippen MR) is 77.8 cm³/mol. The SMILES string of the molecule is CCOc1ccc(CC(=O)CCCn2ccnc2)cc1. The van der Waals surface area contributed by atoms with E-state index in [1.165, 1.54) is 0 Å². The lowest BCUT2D eigenvalue weighted by Crippen LogP contribution is -2.05. The average Bonchev–Trinajstić information content (AvgIpc) is 2.94. The van der Waals surface area contributed by atoms with Crippen LogP contribution in [0.2, 0.25) is 0 Å². The Morgan fingerprint density at radius 2 is 2.10 bits per heavy atom. The number of imidazole rings is 1. The molecule has 0 bridgehead atoms. The van der Waals surface area contributed by atoms with Crippen molar-refractivity contribution in [1.29, 1.82) is 0 Å². The molecule has 0 N–H and O–H groups in total. The summed E-state index contributed by atoms with van der Waals surface area (Å²) in [6.45, 7) is 3.46. The lowest BCUT2D eigenvalue weighted by Gasteiger charge is -2.05. The Kier molecular flexibility index (Phi) is 5.35. The molecule has 0 saturated carbocycles. The van der Waals surface area contributed by atoms with Crippen molar-refractivity contribution in [3.05, 3.63) is 48.5 Å². The number of aryl methyl sites for hydroxylation is 1. The van der Waals surface area contributed by atoms with Crippen LogP contribution in [-0.4, -0.2) is 21.9 Å². The number of hydrogen-bond acceptors (Lipinski definition) is 3.